The highest BCUT2D eigenvalue weighted by Gasteiger charge is 2.14. The van der Waals surface area contributed by atoms with E-state index in [1.165, 1.54) is 24.3 Å². The standard InChI is InChI=1S/C17H13FN2O2/c1-11-2-4-12(5-3-11)15-10-16(22-20-15)17(21)19-14-8-6-13(18)7-9-14/h2-10H,1H3,(H,19,21). The third-order valence-corrected chi connectivity index (χ3v) is 3.18. The molecule has 22 heavy (non-hydrogen) atoms. The van der Waals surface area contributed by atoms with E-state index in [2.05, 4.69) is 10.5 Å². The number of carbonyl (C=O) groups excluding carboxylic acids is 1. The second-order valence-corrected chi connectivity index (χ2v) is 4.90. The van der Waals surface area contributed by atoms with E-state index in [4.69, 9.17) is 4.52 Å². The van der Waals surface area contributed by atoms with Crippen molar-refractivity contribution in [1.29, 1.82) is 0 Å². The molecule has 3 aromatic rings. The highest BCUT2D eigenvalue weighted by Crippen LogP contribution is 2.20. The molecule has 110 valence electrons. The van der Waals surface area contributed by atoms with Gasteiger partial charge in [0.1, 0.15) is 11.5 Å². The van der Waals surface area contributed by atoms with Crippen LogP contribution in [0.1, 0.15) is 16.1 Å². The van der Waals surface area contributed by atoms with Gasteiger partial charge in [-0.25, -0.2) is 4.39 Å². The first-order valence-electron chi connectivity index (χ1n) is 6.72. The molecule has 0 aliphatic rings. The maximum atomic E-state index is 12.8. The number of nitrogens with one attached hydrogen (secondary N) is 1. The SMILES string of the molecule is Cc1ccc(-c2cc(C(=O)Nc3ccc(F)cc3)on2)cc1. The number of anilines is 1. The minimum Gasteiger partial charge on any atom is -0.350 e. The van der Waals surface area contributed by atoms with Crippen molar-refractivity contribution in [2.75, 3.05) is 5.32 Å². The lowest BCUT2D eigenvalue weighted by Gasteiger charge is -2.01. The number of aryl methyl sites for hydroxylation is 1. The van der Waals surface area contributed by atoms with Crippen molar-refractivity contribution in [3.05, 3.63) is 71.7 Å². The highest BCUT2D eigenvalue weighted by molar-refractivity contribution is 6.02. The van der Waals surface area contributed by atoms with Crippen molar-refractivity contribution in [3.63, 3.8) is 0 Å². The van der Waals surface area contributed by atoms with Gasteiger partial charge in [0.05, 0.1) is 0 Å². The molecule has 1 amide bonds. The van der Waals surface area contributed by atoms with Crippen molar-refractivity contribution in [3.8, 4) is 11.3 Å². The quantitative estimate of drug-likeness (QED) is 0.793. The van der Waals surface area contributed by atoms with Crippen LogP contribution in [0.15, 0.2) is 59.1 Å². The summed E-state index contributed by atoms with van der Waals surface area (Å²) >= 11 is 0. The van der Waals surface area contributed by atoms with Crippen molar-refractivity contribution >= 4 is 11.6 Å². The van der Waals surface area contributed by atoms with Crippen LogP contribution in [0.3, 0.4) is 0 Å². The normalized spacial score (nSPS) is 10.5. The smallest absolute Gasteiger partial charge is 0.294 e. The molecule has 0 spiro atoms. The van der Waals surface area contributed by atoms with E-state index < -0.39 is 5.91 Å². The van der Waals surface area contributed by atoms with Crippen LogP contribution in [0.5, 0.6) is 0 Å². The van der Waals surface area contributed by atoms with Crippen LogP contribution < -0.4 is 5.32 Å². The molecular formula is C17H13FN2O2. The minimum atomic E-state index is -0.433. The zero-order valence-electron chi connectivity index (χ0n) is 11.8. The molecule has 0 aliphatic heterocycles. The van der Waals surface area contributed by atoms with Crippen LogP contribution in [0.2, 0.25) is 0 Å². The van der Waals surface area contributed by atoms with E-state index in [1.54, 1.807) is 6.07 Å². The van der Waals surface area contributed by atoms with Gasteiger partial charge in [-0.3, -0.25) is 4.79 Å². The van der Waals surface area contributed by atoms with Crippen molar-refractivity contribution in [2.24, 2.45) is 0 Å². The number of carbonyl (C=O) groups is 1. The Labute approximate surface area is 126 Å². The number of halogens is 1. The number of rotatable bonds is 3. The molecule has 1 heterocycles. The maximum absolute atomic E-state index is 12.8. The monoisotopic (exact) mass is 296 g/mol. The van der Waals surface area contributed by atoms with E-state index in [0.717, 1.165) is 11.1 Å². The molecule has 0 bridgehead atoms. The summed E-state index contributed by atoms with van der Waals surface area (Å²) in [6, 6.07) is 14.8. The molecule has 3 rings (SSSR count). The zero-order chi connectivity index (χ0) is 15.5. The molecular weight excluding hydrogens is 283 g/mol. The van der Waals surface area contributed by atoms with E-state index >= 15 is 0 Å². The predicted molar refractivity (Wildman–Crippen MR) is 81.0 cm³/mol. The van der Waals surface area contributed by atoms with E-state index in [9.17, 15) is 9.18 Å². The molecule has 0 atom stereocenters. The fourth-order valence-corrected chi connectivity index (χ4v) is 1.97. The van der Waals surface area contributed by atoms with Gasteiger partial charge in [-0.15, -0.1) is 0 Å². The fraction of sp³-hybridized carbons (Fsp3) is 0.0588. The number of hydrogen-bond donors (Lipinski definition) is 1. The van der Waals surface area contributed by atoms with E-state index in [-0.39, 0.29) is 11.6 Å². The van der Waals surface area contributed by atoms with Gasteiger partial charge in [-0.2, -0.15) is 0 Å². The first kappa shape index (κ1) is 14.0. The van der Waals surface area contributed by atoms with Crippen molar-refractivity contribution in [2.45, 2.75) is 6.92 Å². The Morgan fingerprint density at radius 2 is 1.77 bits per heavy atom. The van der Waals surface area contributed by atoms with Gasteiger partial charge in [-0.05, 0) is 31.2 Å². The summed E-state index contributed by atoms with van der Waals surface area (Å²) in [7, 11) is 0. The Hall–Kier alpha value is -2.95. The van der Waals surface area contributed by atoms with Gasteiger partial charge in [0.15, 0.2) is 0 Å². The van der Waals surface area contributed by atoms with E-state index in [1.807, 2.05) is 31.2 Å². The molecule has 0 aliphatic carbocycles. The first-order valence-corrected chi connectivity index (χ1v) is 6.72. The molecule has 0 fully saturated rings. The topological polar surface area (TPSA) is 55.1 Å². The average Bonchev–Trinajstić information content (AvgIpc) is 3.00. The summed E-state index contributed by atoms with van der Waals surface area (Å²) in [6.07, 6.45) is 0. The second kappa shape index (κ2) is 5.81. The summed E-state index contributed by atoms with van der Waals surface area (Å²) in [4.78, 5) is 12.1. The van der Waals surface area contributed by atoms with Crippen LogP contribution in [0.25, 0.3) is 11.3 Å². The molecule has 0 radical (unpaired) electrons. The van der Waals surface area contributed by atoms with Crippen LogP contribution in [0, 0.1) is 12.7 Å². The molecule has 0 saturated carbocycles. The number of nitrogens with zero attached hydrogens (tertiary/aromatic N) is 1. The maximum Gasteiger partial charge on any atom is 0.294 e. The Kier molecular flexibility index (Phi) is 3.70. The summed E-state index contributed by atoms with van der Waals surface area (Å²) in [5.74, 6) is -0.698. The highest BCUT2D eigenvalue weighted by atomic mass is 19.1. The average molecular weight is 296 g/mol. The lowest BCUT2D eigenvalue weighted by molar-refractivity contribution is 0.0988. The summed E-state index contributed by atoms with van der Waals surface area (Å²) < 4.78 is 17.9. The molecule has 0 saturated heterocycles. The number of amides is 1. The molecule has 4 nitrogen and oxygen atoms in total. The van der Waals surface area contributed by atoms with Crippen LogP contribution >= 0.6 is 0 Å². The lowest BCUT2D eigenvalue weighted by atomic mass is 10.1. The molecule has 5 heteroatoms. The first-order chi connectivity index (χ1) is 10.6. The third-order valence-electron chi connectivity index (χ3n) is 3.18. The number of hydrogen-bond acceptors (Lipinski definition) is 3. The summed E-state index contributed by atoms with van der Waals surface area (Å²) in [5, 5.41) is 6.52. The Morgan fingerprint density at radius 3 is 2.45 bits per heavy atom. The van der Waals surface area contributed by atoms with Crippen LogP contribution in [-0.4, -0.2) is 11.1 Å². The second-order valence-electron chi connectivity index (χ2n) is 4.90. The number of aromatic nitrogens is 1. The van der Waals surface area contributed by atoms with E-state index in [0.29, 0.717) is 11.4 Å². The van der Waals surface area contributed by atoms with Gasteiger partial charge in [0.2, 0.25) is 5.76 Å². The van der Waals surface area contributed by atoms with Crippen molar-refractivity contribution < 1.29 is 13.7 Å². The van der Waals surface area contributed by atoms with Gasteiger partial charge < -0.3 is 9.84 Å². The van der Waals surface area contributed by atoms with Crippen LogP contribution in [-0.2, 0) is 0 Å². The Balaban J connectivity index is 1.76. The lowest BCUT2D eigenvalue weighted by Crippen LogP contribution is -2.10. The Bertz CT molecular complexity index is 792. The van der Waals surface area contributed by atoms with Gasteiger partial charge >= 0.3 is 0 Å². The third kappa shape index (κ3) is 3.03. The largest absolute Gasteiger partial charge is 0.350 e. The minimum absolute atomic E-state index is 0.0971. The predicted octanol–water partition coefficient (Wildman–Crippen LogP) is 4.04. The fourth-order valence-electron chi connectivity index (χ4n) is 1.97. The summed E-state index contributed by atoms with van der Waals surface area (Å²) in [6.45, 7) is 1.99. The van der Waals surface area contributed by atoms with Crippen molar-refractivity contribution in [1.82, 2.24) is 5.16 Å². The van der Waals surface area contributed by atoms with Gasteiger partial charge in [0, 0.05) is 17.3 Å². The zero-order valence-corrected chi connectivity index (χ0v) is 11.8. The number of benzene rings is 2. The molecule has 1 aromatic heterocycles. The van der Waals surface area contributed by atoms with Gasteiger partial charge in [-0.1, -0.05) is 35.0 Å². The Morgan fingerprint density at radius 1 is 1.09 bits per heavy atom. The molecule has 2 aromatic carbocycles. The summed E-state index contributed by atoms with van der Waals surface area (Å²) in [5.41, 5.74) is 3.08. The molecule has 0 unspecified atom stereocenters. The van der Waals surface area contributed by atoms with Crippen LogP contribution in [0.4, 0.5) is 10.1 Å². The molecule has 1 N–H and O–H groups in total. The van der Waals surface area contributed by atoms with Gasteiger partial charge in [0.25, 0.3) is 5.91 Å².